The van der Waals surface area contributed by atoms with E-state index in [0.717, 1.165) is 24.0 Å². The fourth-order valence-corrected chi connectivity index (χ4v) is 3.46. The zero-order chi connectivity index (χ0) is 19.5. The van der Waals surface area contributed by atoms with Crippen molar-refractivity contribution in [2.75, 3.05) is 13.1 Å². The first kappa shape index (κ1) is 18.3. The van der Waals surface area contributed by atoms with Gasteiger partial charge in [0.05, 0.1) is 0 Å². The van der Waals surface area contributed by atoms with E-state index in [1.165, 1.54) is 0 Å². The third-order valence-electron chi connectivity index (χ3n) is 5.19. The number of nitrogens with zero attached hydrogens (tertiary/aromatic N) is 4. The summed E-state index contributed by atoms with van der Waals surface area (Å²) in [7, 11) is 0. The van der Waals surface area contributed by atoms with Gasteiger partial charge < -0.3 is 15.2 Å². The largest absolute Gasteiger partial charge is 0.341 e. The predicted molar refractivity (Wildman–Crippen MR) is 104 cm³/mol. The maximum Gasteiger partial charge on any atom is 0.244 e. The molecule has 4 rings (SSSR count). The van der Waals surface area contributed by atoms with Crippen molar-refractivity contribution in [3.8, 4) is 11.5 Å². The van der Waals surface area contributed by atoms with E-state index < -0.39 is 6.04 Å². The average Bonchev–Trinajstić information content (AvgIpc) is 3.24. The van der Waals surface area contributed by atoms with Crippen LogP contribution in [0.2, 0.25) is 0 Å². The first-order valence-electron chi connectivity index (χ1n) is 9.48. The van der Waals surface area contributed by atoms with E-state index in [4.69, 9.17) is 10.3 Å². The molecule has 144 valence electrons. The Morgan fingerprint density at radius 3 is 2.61 bits per heavy atom. The summed E-state index contributed by atoms with van der Waals surface area (Å²) >= 11 is 0. The number of nitrogens with two attached hydrogens (primary N) is 1. The summed E-state index contributed by atoms with van der Waals surface area (Å²) in [5.41, 5.74) is 8.87. The fraction of sp³-hybridized carbons (Fsp3) is 0.333. The van der Waals surface area contributed by atoms with Gasteiger partial charge in [-0.1, -0.05) is 41.1 Å². The van der Waals surface area contributed by atoms with Gasteiger partial charge in [-0.05, 0) is 37.5 Å². The summed E-state index contributed by atoms with van der Waals surface area (Å²) in [4.78, 5) is 23.3. The van der Waals surface area contributed by atoms with E-state index in [1.807, 2.05) is 54.3 Å². The molecular weight excluding hydrogens is 354 g/mol. The Bertz CT molecular complexity index is 931. The number of carbonyl (C=O) groups excluding carboxylic acids is 1. The van der Waals surface area contributed by atoms with E-state index in [9.17, 15) is 4.79 Å². The Morgan fingerprint density at radius 2 is 1.93 bits per heavy atom. The molecule has 0 spiro atoms. The number of pyridine rings is 1. The first-order valence-corrected chi connectivity index (χ1v) is 9.48. The van der Waals surface area contributed by atoms with Crippen LogP contribution in [-0.2, 0) is 4.79 Å². The molecule has 0 radical (unpaired) electrons. The molecule has 0 saturated carbocycles. The molecule has 1 saturated heterocycles. The van der Waals surface area contributed by atoms with Gasteiger partial charge in [0.1, 0.15) is 11.7 Å². The predicted octanol–water partition coefficient (Wildman–Crippen LogP) is 2.85. The molecule has 1 aromatic carbocycles. The minimum absolute atomic E-state index is 0.0398. The molecule has 1 amide bonds. The summed E-state index contributed by atoms with van der Waals surface area (Å²) in [5.74, 6) is 1.21. The summed E-state index contributed by atoms with van der Waals surface area (Å²) in [6, 6.07) is 12.7. The molecule has 7 heteroatoms. The standard InChI is InChI=1S/C21H23N5O2/c1-14-5-7-15(8-6-14)18(22)21(27)26-12-9-16(10-13-26)20-24-19(25-28-20)17-4-2-3-11-23-17/h2-8,11,16,18H,9-10,12-13,22H2,1H3. The van der Waals surface area contributed by atoms with Gasteiger partial charge in [0.25, 0.3) is 0 Å². The van der Waals surface area contributed by atoms with Crippen molar-refractivity contribution in [3.05, 3.63) is 65.7 Å². The first-order chi connectivity index (χ1) is 13.6. The highest BCUT2D eigenvalue weighted by Crippen LogP contribution is 2.29. The molecule has 1 aliphatic heterocycles. The second-order valence-corrected chi connectivity index (χ2v) is 7.16. The molecule has 1 aliphatic rings. The zero-order valence-electron chi connectivity index (χ0n) is 15.8. The molecule has 3 aromatic rings. The van der Waals surface area contributed by atoms with Crippen molar-refractivity contribution < 1.29 is 9.32 Å². The van der Waals surface area contributed by atoms with E-state index in [0.29, 0.717) is 30.5 Å². The maximum atomic E-state index is 12.8. The number of amides is 1. The van der Waals surface area contributed by atoms with Crippen LogP contribution in [0.5, 0.6) is 0 Å². The van der Waals surface area contributed by atoms with Crippen LogP contribution in [0.15, 0.2) is 53.2 Å². The monoisotopic (exact) mass is 377 g/mol. The number of likely N-dealkylation sites (tertiary alicyclic amines) is 1. The molecule has 7 nitrogen and oxygen atoms in total. The van der Waals surface area contributed by atoms with Gasteiger partial charge in [0.2, 0.25) is 17.6 Å². The highest BCUT2D eigenvalue weighted by Gasteiger charge is 2.30. The van der Waals surface area contributed by atoms with Crippen LogP contribution in [0, 0.1) is 6.92 Å². The van der Waals surface area contributed by atoms with Crippen LogP contribution in [0.3, 0.4) is 0 Å². The van der Waals surface area contributed by atoms with Gasteiger partial charge in [-0.15, -0.1) is 0 Å². The lowest BCUT2D eigenvalue weighted by atomic mass is 9.95. The van der Waals surface area contributed by atoms with Crippen LogP contribution in [0.1, 0.15) is 41.8 Å². The van der Waals surface area contributed by atoms with E-state index in [-0.39, 0.29) is 11.8 Å². The minimum atomic E-state index is -0.628. The number of aryl methyl sites for hydroxylation is 1. The van der Waals surface area contributed by atoms with Crippen LogP contribution in [0.25, 0.3) is 11.5 Å². The lowest BCUT2D eigenvalue weighted by molar-refractivity contribution is -0.133. The number of aromatic nitrogens is 3. The molecule has 3 heterocycles. The molecule has 28 heavy (non-hydrogen) atoms. The van der Waals surface area contributed by atoms with Crippen molar-refractivity contribution >= 4 is 5.91 Å². The molecular formula is C21H23N5O2. The molecule has 1 atom stereocenters. The zero-order valence-corrected chi connectivity index (χ0v) is 15.8. The molecule has 2 N–H and O–H groups in total. The Balaban J connectivity index is 1.37. The van der Waals surface area contributed by atoms with Gasteiger partial charge in [-0.3, -0.25) is 9.78 Å². The summed E-state index contributed by atoms with van der Waals surface area (Å²) in [5, 5.41) is 4.04. The molecule has 2 aromatic heterocycles. The number of hydrogen-bond acceptors (Lipinski definition) is 6. The van der Waals surface area contributed by atoms with Crippen molar-refractivity contribution in [2.45, 2.75) is 31.7 Å². The van der Waals surface area contributed by atoms with E-state index in [1.54, 1.807) is 6.20 Å². The number of benzene rings is 1. The minimum Gasteiger partial charge on any atom is -0.341 e. The van der Waals surface area contributed by atoms with Gasteiger partial charge in [-0.2, -0.15) is 4.98 Å². The van der Waals surface area contributed by atoms with Crippen LogP contribution < -0.4 is 5.73 Å². The third kappa shape index (κ3) is 3.80. The Kier molecular flexibility index (Phi) is 5.16. The lowest BCUT2D eigenvalue weighted by Gasteiger charge is -2.32. The van der Waals surface area contributed by atoms with Crippen molar-refractivity contribution in [3.63, 3.8) is 0 Å². The number of hydrogen-bond donors (Lipinski definition) is 1. The van der Waals surface area contributed by atoms with Gasteiger partial charge in [0, 0.05) is 25.2 Å². The van der Waals surface area contributed by atoms with Crippen molar-refractivity contribution in [1.29, 1.82) is 0 Å². The SMILES string of the molecule is Cc1ccc(C(N)C(=O)N2CCC(c3nc(-c4ccccn4)no3)CC2)cc1. The molecule has 0 aliphatic carbocycles. The topological polar surface area (TPSA) is 98.1 Å². The Morgan fingerprint density at radius 1 is 1.18 bits per heavy atom. The Hall–Kier alpha value is -3.06. The van der Waals surface area contributed by atoms with Gasteiger partial charge in [-0.25, -0.2) is 0 Å². The third-order valence-corrected chi connectivity index (χ3v) is 5.19. The van der Waals surface area contributed by atoms with Crippen LogP contribution in [-0.4, -0.2) is 39.0 Å². The van der Waals surface area contributed by atoms with Gasteiger partial charge in [0.15, 0.2) is 0 Å². The smallest absolute Gasteiger partial charge is 0.244 e. The molecule has 1 unspecified atom stereocenters. The molecule has 1 fully saturated rings. The van der Waals surface area contributed by atoms with Crippen molar-refractivity contribution in [2.24, 2.45) is 5.73 Å². The normalized spacial score (nSPS) is 16.1. The summed E-state index contributed by atoms with van der Waals surface area (Å²) in [6.07, 6.45) is 3.25. The van der Waals surface area contributed by atoms with E-state index >= 15 is 0 Å². The number of rotatable bonds is 4. The summed E-state index contributed by atoms with van der Waals surface area (Å²) in [6.45, 7) is 3.27. The summed E-state index contributed by atoms with van der Waals surface area (Å²) < 4.78 is 5.45. The highest BCUT2D eigenvalue weighted by atomic mass is 16.5. The Labute approximate surface area is 163 Å². The van der Waals surface area contributed by atoms with Crippen molar-refractivity contribution in [1.82, 2.24) is 20.0 Å². The number of carbonyl (C=O) groups is 1. The highest BCUT2D eigenvalue weighted by molar-refractivity contribution is 5.83. The van der Waals surface area contributed by atoms with Gasteiger partial charge >= 0.3 is 0 Å². The quantitative estimate of drug-likeness (QED) is 0.751. The van der Waals surface area contributed by atoms with Crippen LogP contribution in [0.4, 0.5) is 0 Å². The average molecular weight is 377 g/mol. The molecule has 0 bridgehead atoms. The number of piperidine rings is 1. The van der Waals surface area contributed by atoms with E-state index in [2.05, 4.69) is 15.1 Å². The second-order valence-electron chi connectivity index (χ2n) is 7.16. The van der Waals surface area contributed by atoms with Crippen LogP contribution >= 0.6 is 0 Å². The lowest BCUT2D eigenvalue weighted by Crippen LogP contribution is -2.43. The fourth-order valence-electron chi connectivity index (χ4n) is 3.46. The maximum absolute atomic E-state index is 12.8. The second kappa shape index (κ2) is 7.90.